The first-order valence-electron chi connectivity index (χ1n) is 11.8. The van der Waals surface area contributed by atoms with Crippen LogP contribution in [0.2, 0.25) is 0 Å². The van der Waals surface area contributed by atoms with Crippen LogP contribution in [0.5, 0.6) is 11.5 Å². The molecule has 0 fully saturated rings. The Morgan fingerprint density at radius 2 is 1.62 bits per heavy atom. The average Bonchev–Trinajstić information content (AvgIpc) is 2.87. The highest BCUT2D eigenvalue weighted by Gasteiger charge is 2.31. The van der Waals surface area contributed by atoms with Crippen molar-refractivity contribution in [3.8, 4) is 11.5 Å². The van der Waals surface area contributed by atoms with Gasteiger partial charge in [0.05, 0.1) is 0 Å². The summed E-state index contributed by atoms with van der Waals surface area (Å²) >= 11 is 0. The van der Waals surface area contributed by atoms with E-state index in [1.54, 1.807) is 24.3 Å². The molecular formula is C27H28F3N3O4. The third kappa shape index (κ3) is 9.21. The van der Waals surface area contributed by atoms with Crippen LogP contribution in [0.15, 0.2) is 72.0 Å². The second-order valence-electron chi connectivity index (χ2n) is 8.74. The maximum atomic E-state index is 12.5. The van der Waals surface area contributed by atoms with Crippen molar-refractivity contribution in [3.05, 3.63) is 88.5 Å². The lowest BCUT2D eigenvalue weighted by atomic mass is 10.1. The second-order valence-corrected chi connectivity index (χ2v) is 8.74. The van der Waals surface area contributed by atoms with E-state index in [2.05, 4.69) is 33.6 Å². The van der Waals surface area contributed by atoms with Gasteiger partial charge in [-0.15, -0.1) is 18.1 Å². The van der Waals surface area contributed by atoms with E-state index in [1.165, 1.54) is 12.1 Å². The van der Waals surface area contributed by atoms with E-state index in [0.717, 1.165) is 35.3 Å². The number of alkyl halides is 3. The lowest BCUT2D eigenvalue weighted by Crippen LogP contribution is -2.25. The normalized spacial score (nSPS) is 11.3. The number of amides is 1. The maximum Gasteiger partial charge on any atom is 0.573 e. The molecule has 0 saturated carbocycles. The first kappa shape index (κ1) is 27.6. The summed E-state index contributed by atoms with van der Waals surface area (Å²) < 4.78 is 46.6. The number of hydrogen-bond donors (Lipinski definition) is 0. The maximum absolute atomic E-state index is 12.5. The highest BCUT2D eigenvalue weighted by atomic mass is 19.4. The number of aryl methyl sites for hydroxylation is 1. The molecule has 0 N–H and O–H groups in total. The third-order valence-corrected chi connectivity index (χ3v) is 5.57. The number of pyridine rings is 1. The van der Waals surface area contributed by atoms with Gasteiger partial charge in [-0.05, 0) is 65.8 Å². The summed E-state index contributed by atoms with van der Waals surface area (Å²) in [5.41, 5.74) is 3.00. The number of carbonyl (C=O) groups excluding carboxylic acids is 1. The Hall–Kier alpha value is -3.95. The van der Waals surface area contributed by atoms with Gasteiger partial charge in [0.15, 0.2) is 6.61 Å². The van der Waals surface area contributed by atoms with Crippen molar-refractivity contribution in [1.82, 2.24) is 4.98 Å². The summed E-state index contributed by atoms with van der Waals surface area (Å²) in [7, 11) is 0. The second kappa shape index (κ2) is 12.8. The summed E-state index contributed by atoms with van der Waals surface area (Å²) in [6.07, 6.45) is -1.34. The van der Waals surface area contributed by atoms with E-state index >= 15 is 0 Å². The molecule has 0 aliphatic heterocycles. The molecule has 0 radical (unpaired) electrons. The smallest absolute Gasteiger partial charge is 0.484 e. The molecule has 0 bridgehead atoms. The molecule has 3 rings (SSSR count). The van der Waals surface area contributed by atoms with Crippen molar-refractivity contribution in [2.75, 3.05) is 18.1 Å². The molecule has 0 atom stereocenters. The van der Waals surface area contributed by atoms with Crippen LogP contribution >= 0.6 is 0 Å². The van der Waals surface area contributed by atoms with E-state index in [0.29, 0.717) is 24.8 Å². The van der Waals surface area contributed by atoms with E-state index in [1.807, 2.05) is 30.5 Å². The fraction of sp³-hybridized carbons (Fsp3) is 0.333. The zero-order valence-electron chi connectivity index (χ0n) is 20.6. The third-order valence-electron chi connectivity index (χ3n) is 5.57. The van der Waals surface area contributed by atoms with Gasteiger partial charge in [0.2, 0.25) is 0 Å². The zero-order valence-corrected chi connectivity index (χ0v) is 20.6. The fourth-order valence-corrected chi connectivity index (χ4v) is 3.62. The van der Waals surface area contributed by atoms with Gasteiger partial charge in [-0.25, -0.2) is 4.98 Å². The largest absolute Gasteiger partial charge is 0.573 e. The van der Waals surface area contributed by atoms with Crippen molar-refractivity contribution in [3.63, 3.8) is 0 Å². The van der Waals surface area contributed by atoms with Crippen LogP contribution in [-0.2, 0) is 17.8 Å². The fourth-order valence-electron chi connectivity index (χ4n) is 3.62. The van der Waals surface area contributed by atoms with E-state index in [-0.39, 0.29) is 5.75 Å². The molecule has 0 unspecified atom stereocenters. The van der Waals surface area contributed by atoms with Gasteiger partial charge in [-0.3, -0.25) is 4.79 Å². The molecule has 37 heavy (non-hydrogen) atoms. The van der Waals surface area contributed by atoms with Crippen LogP contribution in [0, 0.1) is 4.91 Å². The van der Waals surface area contributed by atoms with Gasteiger partial charge in [0.25, 0.3) is 0 Å². The molecule has 0 spiro atoms. The Morgan fingerprint density at radius 3 is 2.19 bits per heavy atom. The molecule has 3 aromatic rings. The quantitative estimate of drug-likeness (QED) is 0.259. The van der Waals surface area contributed by atoms with Crippen molar-refractivity contribution < 1.29 is 27.4 Å². The van der Waals surface area contributed by atoms with Crippen LogP contribution in [0.4, 0.5) is 19.0 Å². The van der Waals surface area contributed by atoms with Gasteiger partial charge in [-0.1, -0.05) is 44.2 Å². The summed E-state index contributed by atoms with van der Waals surface area (Å²) in [4.78, 5) is 27.8. The average molecular weight is 516 g/mol. The highest BCUT2D eigenvalue weighted by Crippen LogP contribution is 2.24. The Labute approximate surface area is 213 Å². The summed E-state index contributed by atoms with van der Waals surface area (Å²) in [5, 5.41) is 2.29. The predicted molar refractivity (Wildman–Crippen MR) is 134 cm³/mol. The van der Waals surface area contributed by atoms with Crippen LogP contribution in [0.25, 0.3) is 0 Å². The van der Waals surface area contributed by atoms with Crippen LogP contribution in [0.3, 0.4) is 0 Å². The first-order chi connectivity index (χ1) is 17.6. The molecule has 196 valence electrons. The van der Waals surface area contributed by atoms with Crippen molar-refractivity contribution in [1.29, 1.82) is 0 Å². The van der Waals surface area contributed by atoms with Gasteiger partial charge >= 0.3 is 12.3 Å². The molecule has 0 saturated heterocycles. The molecule has 2 aromatic carbocycles. The number of rotatable bonds is 12. The monoisotopic (exact) mass is 515 g/mol. The minimum atomic E-state index is -4.73. The number of anilines is 1. The number of benzene rings is 2. The standard InChI is InChI=1S/C27H28F3N3O4/c1-19(2)22-9-14-25(31-16-22)33(17-21-7-12-24(13-8-21)37-27(28,29)30)15-3-4-20-5-10-23(11-6-20)36-18-26(34)32-35/h5-14,16,19H,3-4,15,17-18H2,1-2H3. The molecule has 1 aromatic heterocycles. The molecule has 0 aliphatic carbocycles. The number of halogens is 3. The van der Waals surface area contributed by atoms with Crippen LogP contribution < -0.4 is 14.4 Å². The number of aromatic nitrogens is 1. The summed E-state index contributed by atoms with van der Waals surface area (Å²) in [6, 6.07) is 17.0. The lowest BCUT2D eigenvalue weighted by Gasteiger charge is -2.24. The van der Waals surface area contributed by atoms with Crippen molar-refractivity contribution in [2.24, 2.45) is 5.18 Å². The Kier molecular flexibility index (Phi) is 9.59. The van der Waals surface area contributed by atoms with E-state index in [9.17, 15) is 22.9 Å². The van der Waals surface area contributed by atoms with E-state index < -0.39 is 18.9 Å². The minimum Gasteiger partial charge on any atom is -0.484 e. The molecular weight excluding hydrogens is 487 g/mol. The van der Waals surface area contributed by atoms with Gasteiger partial charge < -0.3 is 14.4 Å². The SMILES string of the molecule is CC(C)c1ccc(N(CCCc2ccc(OCC(=O)N=O)cc2)Cc2ccc(OC(F)(F)F)cc2)nc1. The molecule has 0 aliphatic rings. The number of carbonyl (C=O) groups is 1. The van der Waals surface area contributed by atoms with Crippen molar-refractivity contribution in [2.45, 2.75) is 45.5 Å². The summed E-state index contributed by atoms with van der Waals surface area (Å²) in [5.74, 6) is 0.450. The number of ether oxygens (including phenoxy) is 2. The highest BCUT2D eigenvalue weighted by molar-refractivity contribution is 5.78. The van der Waals surface area contributed by atoms with Gasteiger partial charge in [-0.2, -0.15) is 0 Å². The van der Waals surface area contributed by atoms with Crippen molar-refractivity contribution >= 4 is 11.7 Å². The van der Waals surface area contributed by atoms with Crippen LogP contribution in [0.1, 0.15) is 42.9 Å². The number of hydrogen-bond acceptors (Lipinski definition) is 6. The van der Waals surface area contributed by atoms with E-state index in [4.69, 9.17) is 4.74 Å². The topological polar surface area (TPSA) is 81.1 Å². The predicted octanol–water partition coefficient (Wildman–Crippen LogP) is 6.41. The lowest BCUT2D eigenvalue weighted by molar-refractivity contribution is -0.274. The molecule has 10 heteroatoms. The molecule has 1 heterocycles. The Balaban J connectivity index is 1.65. The van der Waals surface area contributed by atoms with Gasteiger partial charge in [0.1, 0.15) is 17.3 Å². The molecule has 1 amide bonds. The minimum absolute atomic E-state index is 0.263. The molecule has 7 nitrogen and oxygen atoms in total. The number of nitrogens with zero attached hydrogens (tertiary/aromatic N) is 3. The number of nitroso groups, excluding NO2 is 1. The van der Waals surface area contributed by atoms with Crippen LogP contribution in [-0.4, -0.2) is 30.4 Å². The first-order valence-corrected chi connectivity index (χ1v) is 11.8. The zero-order chi connectivity index (χ0) is 26.8. The Bertz CT molecular complexity index is 1150. The Morgan fingerprint density at radius 1 is 0.973 bits per heavy atom. The summed E-state index contributed by atoms with van der Waals surface area (Å²) in [6.45, 7) is 4.90. The van der Waals surface area contributed by atoms with Gasteiger partial charge in [0, 0.05) is 24.5 Å².